The summed E-state index contributed by atoms with van der Waals surface area (Å²) in [5.74, 6) is -0.0495. The number of benzene rings is 2. The Morgan fingerprint density at radius 1 is 1.08 bits per heavy atom. The molecular weight excluding hydrogens is 307 g/mol. The number of methoxy groups -OCH3 is 1. The lowest BCUT2D eigenvalue weighted by Crippen LogP contribution is -2.29. The van der Waals surface area contributed by atoms with E-state index in [4.69, 9.17) is 4.74 Å². The molecule has 1 fully saturated rings. The van der Waals surface area contributed by atoms with Crippen LogP contribution in [0.25, 0.3) is 0 Å². The van der Waals surface area contributed by atoms with Crippen molar-refractivity contribution in [1.29, 1.82) is 0 Å². The first kappa shape index (κ1) is 16.3. The maximum absolute atomic E-state index is 13.0. The van der Waals surface area contributed by atoms with Gasteiger partial charge in [-0.15, -0.1) is 0 Å². The van der Waals surface area contributed by atoms with E-state index in [9.17, 15) is 9.18 Å². The fraction of sp³-hybridized carbons (Fsp3) is 0.316. The minimum atomic E-state index is -0.365. The maximum atomic E-state index is 13.0. The van der Waals surface area contributed by atoms with E-state index in [-0.39, 0.29) is 11.7 Å². The molecule has 3 rings (SSSR count). The highest BCUT2D eigenvalue weighted by molar-refractivity contribution is 6.05. The van der Waals surface area contributed by atoms with Crippen molar-refractivity contribution in [2.24, 2.45) is 0 Å². The molecule has 126 valence electrons. The third-order valence-corrected chi connectivity index (χ3v) is 4.26. The highest BCUT2D eigenvalue weighted by atomic mass is 19.1. The molecule has 0 atom stereocenters. The van der Waals surface area contributed by atoms with Crippen molar-refractivity contribution in [2.45, 2.75) is 19.3 Å². The fourth-order valence-corrected chi connectivity index (χ4v) is 2.94. The number of ether oxygens (including phenoxy) is 1. The standard InChI is InChI=1S/C19H21FN2O2/c1-24-18-10-9-16(22-11-3-2-4-12-22)13-17(18)21-19(23)14-5-7-15(20)8-6-14/h5-10,13H,2-4,11-12H2,1H3,(H,21,23). The van der Waals surface area contributed by atoms with Crippen molar-refractivity contribution in [3.05, 3.63) is 53.8 Å². The Balaban J connectivity index is 1.82. The molecule has 1 aliphatic heterocycles. The number of halogens is 1. The average molecular weight is 328 g/mol. The van der Waals surface area contributed by atoms with E-state index in [1.807, 2.05) is 18.2 Å². The van der Waals surface area contributed by atoms with Gasteiger partial charge in [0.2, 0.25) is 0 Å². The SMILES string of the molecule is COc1ccc(N2CCCCC2)cc1NC(=O)c1ccc(F)cc1. The minimum Gasteiger partial charge on any atom is -0.495 e. The summed E-state index contributed by atoms with van der Waals surface area (Å²) in [6.45, 7) is 2.05. The van der Waals surface area contributed by atoms with Gasteiger partial charge in [-0.3, -0.25) is 4.79 Å². The number of carbonyl (C=O) groups is 1. The lowest BCUT2D eigenvalue weighted by Gasteiger charge is -2.29. The number of hydrogen-bond donors (Lipinski definition) is 1. The molecule has 1 heterocycles. The second-order valence-corrected chi connectivity index (χ2v) is 5.89. The molecule has 1 amide bonds. The van der Waals surface area contributed by atoms with Crippen LogP contribution in [-0.2, 0) is 0 Å². The van der Waals surface area contributed by atoms with Gasteiger partial charge in [0.1, 0.15) is 11.6 Å². The quantitative estimate of drug-likeness (QED) is 0.919. The second-order valence-electron chi connectivity index (χ2n) is 5.89. The summed E-state index contributed by atoms with van der Waals surface area (Å²) >= 11 is 0. The van der Waals surface area contributed by atoms with Crippen LogP contribution in [0.1, 0.15) is 29.6 Å². The Morgan fingerprint density at radius 3 is 2.46 bits per heavy atom. The molecule has 0 unspecified atom stereocenters. The van der Waals surface area contributed by atoms with Gasteiger partial charge in [0.25, 0.3) is 5.91 Å². The number of hydrogen-bond acceptors (Lipinski definition) is 3. The Bertz CT molecular complexity index is 710. The molecule has 24 heavy (non-hydrogen) atoms. The first-order valence-corrected chi connectivity index (χ1v) is 8.17. The van der Waals surface area contributed by atoms with Crippen LogP contribution in [0.3, 0.4) is 0 Å². The van der Waals surface area contributed by atoms with Crippen molar-refractivity contribution in [3.8, 4) is 5.75 Å². The highest BCUT2D eigenvalue weighted by Gasteiger charge is 2.15. The zero-order chi connectivity index (χ0) is 16.9. The zero-order valence-corrected chi connectivity index (χ0v) is 13.7. The summed E-state index contributed by atoms with van der Waals surface area (Å²) in [4.78, 5) is 14.7. The number of carbonyl (C=O) groups excluding carboxylic acids is 1. The fourth-order valence-electron chi connectivity index (χ4n) is 2.94. The van der Waals surface area contributed by atoms with Gasteiger partial charge in [-0.1, -0.05) is 0 Å². The molecule has 1 N–H and O–H groups in total. The van der Waals surface area contributed by atoms with E-state index in [2.05, 4.69) is 10.2 Å². The minimum absolute atomic E-state index is 0.288. The average Bonchev–Trinajstić information content (AvgIpc) is 2.63. The summed E-state index contributed by atoms with van der Waals surface area (Å²) in [7, 11) is 1.57. The third-order valence-electron chi connectivity index (χ3n) is 4.26. The van der Waals surface area contributed by atoms with E-state index in [1.54, 1.807) is 7.11 Å². The predicted octanol–water partition coefficient (Wildman–Crippen LogP) is 4.08. The topological polar surface area (TPSA) is 41.6 Å². The van der Waals surface area contributed by atoms with E-state index in [0.717, 1.165) is 18.8 Å². The summed E-state index contributed by atoms with van der Waals surface area (Å²) in [6.07, 6.45) is 3.63. The number of amides is 1. The van der Waals surface area contributed by atoms with Crippen LogP contribution in [0, 0.1) is 5.82 Å². The number of rotatable bonds is 4. The molecular formula is C19H21FN2O2. The molecule has 2 aromatic carbocycles. The van der Waals surface area contributed by atoms with Gasteiger partial charge in [0.05, 0.1) is 12.8 Å². The molecule has 0 saturated carbocycles. The first-order valence-electron chi connectivity index (χ1n) is 8.17. The second kappa shape index (κ2) is 7.34. The number of nitrogens with one attached hydrogen (secondary N) is 1. The van der Waals surface area contributed by atoms with Crippen LogP contribution in [0.2, 0.25) is 0 Å². The van der Waals surface area contributed by atoms with Gasteiger partial charge in [0, 0.05) is 24.3 Å². The molecule has 0 spiro atoms. The largest absolute Gasteiger partial charge is 0.495 e. The summed E-state index contributed by atoms with van der Waals surface area (Å²) in [5, 5.41) is 2.86. The molecule has 0 radical (unpaired) electrons. The van der Waals surface area contributed by atoms with Crippen LogP contribution in [0.5, 0.6) is 5.75 Å². The van der Waals surface area contributed by atoms with E-state index in [1.165, 1.54) is 43.5 Å². The van der Waals surface area contributed by atoms with E-state index in [0.29, 0.717) is 17.0 Å². The highest BCUT2D eigenvalue weighted by Crippen LogP contribution is 2.31. The van der Waals surface area contributed by atoms with Crippen LogP contribution in [-0.4, -0.2) is 26.1 Å². The van der Waals surface area contributed by atoms with Gasteiger partial charge in [0.15, 0.2) is 0 Å². The Hall–Kier alpha value is -2.56. The van der Waals surface area contributed by atoms with Gasteiger partial charge < -0.3 is 15.0 Å². The van der Waals surface area contributed by atoms with Crippen molar-refractivity contribution in [1.82, 2.24) is 0 Å². The molecule has 1 aliphatic rings. The number of nitrogens with zero attached hydrogens (tertiary/aromatic N) is 1. The number of piperidine rings is 1. The van der Waals surface area contributed by atoms with Gasteiger partial charge in [-0.25, -0.2) is 4.39 Å². The monoisotopic (exact) mass is 328 g/mol. The van der Waals surface area contributed by atoms with Crippen LogP contribution in [0.4, 0.5) is 15.8 Å². The molecule has 4 nitrogen and oxygen atoms in total. The smallest absolute Gasteiger partial charge is 0.255 e. The summed E-state index contributed by atoms with van der Waals surface area (Å²) < 4.78 is 18.3. The molecule has 5 heteroatoms. The Kier molecular flexibility index (Phi) is 4.99. The van der Waals surface area contributed by atoms with Crippen molar-refractivity contribution in [2.75, 3.05) is 30.4 Å². The van der Waals surface area contributed by atoms with Gasteiger partial charge >= 0.3 is 0 Å². The zero-order valence-electron chi connectivity index (χ0n) is 13.7. The molecule has 0 bridgehead atoms. The number of anilines is 2. The Morgan fingerprint density at radius 2 is 1.79 bits per heavy atom. The van der Waals surface area contributed by atoms with Crippen molar-refractivity contribution >= 4 is 17.3 Å². The van der Waals surface area contributed by atoms with E-state index < -0.39 is 0 Å². The molecule has 0 aliphatic carbocycles. The molecule has 1 saturated heterocycles. The third kappa shape index (κ3) is 3.67. The summed E-state index contributed by atoms with van der Waals surface area (Å²) in [6, 6.07) is 11.3. The first-order chi connectivity index (χ1) is 11.7. The normalized spacial score (nSPS) is 14.3. The van der Waals surface area contributed by atoms with Crippen molar-refractivity contribution < 1.29 is 13.9 Å². The van der Waals surface area contributed by atoms with Crippen molar-refractivity contribution in [3.63, 3.8) is 0 Å². The molecule has 2 aromatic rings. The predicted molar refractivity (Wildman–Crippen MR) is 93.4 cm³/mol. The van der Waals surface area contributed by atoms with Gasteiger partial charge in [-0.2, -0.15) is 0 Å². The Labute approximate surface area is 141 Å². The lowest BCUT2D eigenvalue weighted by atomic mass is 10.1. The lowest BCUT2D eigenvalue weighted by molar-refractivity contribution is 0.102. The van der Waals surface area contributed by atoms with Crippen LogP contribution >= 0.6 is 0 Å². The van der Waals surface area contributed by atoms with Crippen LogP contribution < -0.4 is 15.0 Å². The summed E-state index contributed by atoms with van der Waals surface area (Å²) in [5.41, 5.74) is 2.10. The van der Waals surface area contributed by atoms with Crippen LogP contribution in [0.15, 0.2) is 42.5 Å². The maximum Gasteiger partial charge on any atom is 0.255 e. The van der Waals surface area contributed by atoms with Gasteiger partial charge in [-0.05, 0) is 61.7 Å². The molecule has 0 aromatic heterocycles. The van der Waals surface area contributed by atoms with E-state index >= 15 is 0 Å².